The molecule has 0 saturated heterocycles. The molecule has 0 aromatic carbocycles. The molecule has 2 aromatic heterocycles. The van der Waals surface area contributed by atoms with Crippen molar-refractivity contribution in [2.45, 2.75) is 26.4 Å². The zero-order valence-corrected chi connectivity index (χ0v) is 11.6. The number of nitrogens with zero attached hydrogens (tertiary/aromatic N) is 3. The summed E-state index contributed by atoms with van der Waals surface area (Å²) in [7, 11) is 0. The maximum Gasteiger partial charge on any atom is 0.443 e. The molecule has 0 amide bonds. The summed E-state index contributed by atoms with van der Waals surface area (Å²) in [4.78, 5) is 12.0. The Hall–Kier alpha value is -1.21. The van der Waals surface area contributed by atoms with E-state index in [4.69, 9.17) is 11.6 Å². The van der Waals surface area contributed by atoms with Gasteiger partial charge < -0.3 is 0 Å². The second-order valence-corrected chi connectivity index (χ2v) is 5.17. The summed E-state index contributed by atoms with van der Waals surface area (Å²) in [6.45, 7) is 3.52. The summed E-state index contributed by atoms with van der Waals surface area (Å²) in [6.07, 6.45) is -2.72. The first-order valence-electron chi connectivity index (χ1n) is 5.39. The minimum atomic E-state index is -4.44. The SMILES string of the molecule is CCc1nc(Cl)c(C)c(-c2cnc(C(F)(F)F)s2)n1. The van der Waals surface area contributed by atoms with Gasteiger partial charge in [0.25, 0.3) is 0 Å². The number of hydrogen-bond acceptors (Lipinski definition) is 4. The maximum atomic E-state index is 12.5. The highest BCUT2D eigenvalue weighted by Gasteiger charge is 2.35. The van der Waals surface area contributed by atoms with E-state index in [0.717, 1.165) is 0 Å². The number of hydrogen-bond donors (Lipinski definition) is 0. The zero-order chi connectivity index (χ0) is 14.2. The molecule has 8 heteroatoms. The van der Waals surface area contributed by atoms with E-state index in [-0.39, 0.29) is 5.15 Å². The summed E-state index contributed by atoms with van der Waals surface area (Å²) in [5, 5.41) is -0.640. The van der Waals surface area contributed by atoms with Gasteiger partial charge in [-0.3, -0.25) is 0 Å². The first-order valence-corrected chi connectivity index (χ1v) is 6.58. The van der Waals surface area contributed by atoms with Crippen LogP contribution in [0.5, 0.6) is 0 Å². The summed E-state index contributed by atoms with van der Waals surface area (Å²) in [6, 6.07) is 0. The molecule has 0 bridgehead atoms. The van der Waals surface area contributed by atoms with Crippen molar-refractivity contribution in [2.24, 2.45) is 0 Å². The van der Waals surface area contributed by atoms with Gasteiger partial charge in [-0.25, -0.2) is 15.0 Å². The van der Waals surface area contributed by atoms with E-state index in [1.807, 2.05) is 6.92 Å². The summed E-state index contributed by atoms with van der Waals surface area (Å²) in [5.74, 6) is 0.493. The largest absolute Gasteiger partial charge is 0.443 e. The van der Waals surface area contributed by atoms with Crippen molar-refractivity contribution < 1.29 is 13.2 Å². The van der Waals surface area contributed by atoms with Gasteiger partial charge in [0.2, 0.25) is 0 Å². The molecule has 0 unspecified atom stereocenters. The standard InChI is InChI=1S/C11H9ClF3N3S/c1-3-7-17-8(5(2)9(12)18-7)6-4-16-10(19-6)11(13,14)15/h4H,3H2,1-2H3. The van der Waals surface area contributed by atoms with Crippen LogP contribution in [0, 0.1) is 6.92 Å². The van der Waals surface area contributed by atoms with Gasteiger partial charge in [-0.05, 0) is 6.92 Å². The highest BCUT2D eigenvalue weighted by atomic mass is 35.5. The highest BCUT2D eigenvalue weighted by molar-refractivity contribution is 7.15. The van der Waals surface area contributed by atoms with Gasteiger partial charge in [0.15, 0.2) is 5.01 Å². The van der Waals surface area contributed by atoms with Gasteiger partial charge in [-0.15, -0.1) is 11.3 Å². The second kappa shape index (κ2) is 5.05. The van der Waals surface area contributed by atoms with E-state index < -0.39 is 11.2 Å². The Balaban J connectivity index is 2.53. The molecule has 0 spiro atoms. The van der Waals surface area contributed by atoms with Crippen LogP contribution in [0.25, 0.3) is 10.6 Å². The summed E-state index contributed by atoms with van der Waals surface area (Å²) < 4.78 is 37.6. The minimum Gasteiger partial charge on any atom is -0.240 e. The van der Waals surface area contributed by atoms with Crippen molar-refractivity contribution in [3.8, 4) is 10.6 Å². The molecular weight excluding hydrogens is 299 g/mol. The summed E-state index contributed by atoms with van der Waals surface area (Å²) in [5.41, 5.74) is 0.959. The maximum absolute atomic E-state index is 12.5. The Bertz CT molecular complexity index is 610. The van der Waals surface area contributed by atoms with Gasteiger partial charge in [-0.2, -0.15) is 13.2 Å². The van der Waals surface area contributed by atoms with Crippen LogP contribution < -0.4 is 0 Å². The molecule has 102 valence electrons. The molecule has 0 atom stereocenters. The Morgan fingerprint density at radius 3 is 2.53 bits per heavy atom. The van der Waals surface area contributed by atoms with Crippen LogP contribution in [0.4, 0.5) is 13.2 Å². The van der Waals surface area contributed by atoms with Crippen molar-refractivity contribution in [3.05, 3.63) is 27.7 Å². The Morgan fingerprint density at radius 1 is 1.32 bits per heavy atom. The quantitative estimate of drug-likeness (QED) is 0.783. The molecule has 0 radical (unpaired) electrons. The fourth-order valence-electron chi connectivity index (χ4n) is 1.45. The lowest BCUT2D eigenvalue weighted by Crippen LogP contribution is -2.02. The molecule has 3 nitrogen and oxygen atoms in total. The number of aromatic nitrogens is 3. The highest BCUT2D eigenvalue weighted by Crippen LogP contribution is 2.37. The number of halogens is 4. The lowest BCUT2D eigenvalue weighted by molar-refractivity contribution is -0.137. The molecule has 0 fully saturated rings. The predicted molar refractivity (Wildman–Crippen MR) is 67.3 cm³/mol. The first-order chi connectivity index (χ1) is 8.82. The van der Waals surface area contributed by atoms with Crippen molar-refractivity contribution in [2.75, 3.05) is 0 Å². The van der Waals surface area contributed by atoms with Crippen molar-refractivity contribution in [1.82, 2.24) is 15.0 Å². The van der Waals surface area contributed by atoms with Gasteiger partial charge in [0.1, 0.15) is 11.0 Å². The van der Waals surface area contributed by atoms with E-state index in [1.54, 1.807) is 6.92 Å². The van der Waals surface area contributed by atoms with E-state index in [2.05, 4.69) is 15.0 Å². The second-order valence-electron chi connectivity index (χ2n) is 3.79. The third-order valence-electron chi connectivity index (χ3n) is 2.43. The van der Waals surface area contributed by atoms with Crippen LogP contribution in [0.2, 0.25) is 5.15 Å². The van der Waals surface area contributed by atoms with Crippen LogP contribution in [-0.4, -0.2) is 15.0 Å². The van der Waals surface area contributed by atoms with Crippen LogP contribution in [0.3, 0.4) is 0 Å². The average Bonchev–Trinajstić information content (AvgIpc) is 2.81. The van der Waals surface area contributed by atoms with Crippen LogP contribution in [0.1, 0.15) is 23.3 Å². The molecule has 2 aromatic rings. The summed E-state index contributed by atoms with van der Waals surface area (Å²) >= 11 is 6.51. The van der Waals surface area contributed by atoms with Crippen molar-refractivity contribution in [1.29, 1.82) is 0 Å². The van der Waals surface area contributed by atoms with Crippen LogP contribution in [0.15, 0.2) is 6.20 Å². The smallest absolute Gasteiger partial charge is 0.240 e. The first kappa shape index (κ1) is 14.2. The topological polar surface area (TPSA) is 38.7 Å². The van der Waals surface area contributed by atoms with Crippen LogP contribution >= 0.6 is 22.9 Å². The zero-order valence-electron chi connectivity index (χ0n) is 10.0. The Kier molecular flexibility index (Phi) is 3.78. The van der Waals surface area contributed by atoms with Crippen molar-refractivity contribution in [3.63, 3.8) is 0 Å². The lowest BCUT2D eigenvalue weighted by Gasteiger charge is -2.06. The lowest BCUT2D eigenvalue weighted by atomic mass is 10.2. The Morgan fingerprint density at radius 2 is 2.00 bits per heavy atom. The van der Waals surface area contributed by atoms with Crippen LogP contribution in [-0.2, 0) is 12.6 Å². The molecule has 0 N–H and O–H groups in total. The van der Waals surface area contributed by atoms with Gasteiger partial charge in [0, 0.05) is 18.2 Å². The number of alkyl halides is 3. The number of aryl methyl sites for hydroxylation is 1. The van der Waals surface area contributed by atoms with Gasteiger partial charge in [-0.1, -0.05) is 18.5 Å². The molecule has 0 aliphatic heterocycles. The fraction of sp³-hybridized carbons (Fsp3) is 0.364. The third kappa shape index (κ3) is 2.87. The third-order valence-corrected chi connectivity index (χ3v) is 3.85. The number of rotatable bonds is 2. The molecule has 0 aliphatic rings. The normalized spacial score (nSPS) is 11.9. The van der Waals surface area contributed by atoms with Gasteiger partial charge >= 0.3 is 6.18 Å². The molecule has 19 heavy (non-hydrogen) atoms. The average molecular weight is 308 g/mol. The Labute approximate surface area is 116 Å². The molecular formula is C11H9ClF3N3S. The molecule has 2 heterocycles. The predicted octanol–water partition coefficient (Wildman–Crippen LogP) is 4.14. The van der Waals surface area contributed by atoms with E-state index in [1.165, 1.54) is 6.20 Å². The minimum absolute atomic E-state index is 0.254. The fourth-order valence-corrected chi connectivity index (χ4v) is 2.46. The molecule has 2 rings (SSSR count). The van der Waals surface area contributed by atoms with E-state index in [0.29, 0.717) is 39.7 Å². The molecule has 0 saturated carbocycles. The van der Waals surface area contributed by atoms with E-state index in [9.17, 15) is 13.2 Å². The van der Waals surface area contributed by atoms with Crippen molar-refractivity contribution >= 4 is 22.9 Å². The monoisotopic (exact) mass is 307 g/mol. The molecule has 0 aliphatic carbocycles. The number of thiazole rings is 1. The van der Waals surface area contributed by atoms with E-state index >= 15 is 0 Å². The van der Waals surface area contributed by atoms with Gasteiger partial charge in [0.05, 0.1) is 10.6 Å².